The van der Waals surface area contributed by atoms with Crippen LogP contribution in [0.4, 0.5) is 8.78 Å². The van der Waals surface area contributed by atoms with Crippen LogP contribution >= 0.6 is 0 Å². The van der Waals surface area contributed by atoms with Crippen LogP contribution in [0.3, 0.4) is 0 Å². The second-order valence-electron chi connectivity index (χ2n) is 2.54. The van der Waals surface area contributed by atoms with Crippen molar-refractivity contribution in [3.05, 3.63) is 23.8 Å². The van der Waals surface area contributed by atoms with Crippen LogP contribution in [-0.2, 0) is 0 Å². The molecule has 0 amide bonds. The van der Waals surface area contributed by atoms with Crippen molar-refractivity contribution in [1.82, 2.24) is 0 Å². The number of ether oxygens (including phenoxy) is 2. The molecule has 0 fully saturated rings. The highest BCUT2D eigenvalue weighted by Crippen LogP contribution is 2.40. The van der Waals surface area contributed by atoms with E-state index in [4.69, 9.17) is 0 Å². The lowest BCUT2D eigenvalue weighted by molar-refractivity contribution is -0.286. The molecule has 0 N–H and O–H groups in total. The Bertz CT molecular complexity index is 323. The highest BCUT2D eigenvalue weighted by molar-refractivity contribution is 5.43. The fourth-order valence-electron chi connectivity index (χ4n) is 0.988. The molecule has 12 heavy (non-hydrogen) atoms. The van der Waals surface area contributed by atoms with Crippen molar-refractivity contribution in [3.63, 3.8) is 0 Å². The van der Waals surface area contributed by atoms with E-state index in [0.717, 1.165) is 5.56 Å². The molecule has 0 aliphatic carbocycles. The summed E-state index contributed by atoms with van der Waals surface area (Å²) in [5, 5.41) is 0. The van der Waals surface area contributed by atoms with Crippen LogP contribution in [0.5, 0.6) is 11.5 Å². The van der Waals surface area contributed by atoms with Gasteiger partial charge in [0.25, 0.3) is 0 Å². The molecular formula is C8H5F2O2. The Morgan fingerprint density at radius 2 is 2.17 bits per heavy atom. The van der Waals surface area contributed by atoms with Gasteiger partial charge >= 0.3 is 6.29 Å². The monoisotopic (exact) mass is 171 g/mol. The maximum Gasteiger partial charge on any atom is 0.586 e. The maximum absolute atomic E-state index is 12.4. The lowest BCUT2D eigenvalue weighted by Crippen LogP contribution is -2.25. The molecule has 1 radical (unpaired) electrons. The van der Waals surface area contributed by atoms with Crippen LogP contribution in [0.2, 0.25) is 0 Å². The van der Waals surface area contributed by atoms with Gasteiger partial charge in [-0.3, -0.25) is 0 Å². The van der Waals surface area contributed by atoms with Crippen molar-refractivity contribution in [3.8, 4) is 11.5 Å². The number of hydrogen-bond donors (Lipinski definition) is 0. The number of rotatable bonds is 0. The molecule has 2 rings (SSSR count). The fourth-order valence-corrected chi connectivity index (χ4v) is 0.988. The third-order valence-corrected chi connectivity index (χ3v) is 1.46. The van der Waals surface area contributed by atoms with Crippen LogP contribution in [0, 0.1) is 13.0 Å². The lowest BCUT2D eigenvalue weighted by atomic mass is 10.2. The number of halogens is 2. The molecule has 1 aliphatic rings. The summed E-state index contributed by atoms with van der Waals surface area (Å²) in [6.07, 6.45) is -3.54. The fraction of sp³-hybridized carbons (Fsp3) is 0.250. The molecule has 4 heteroatoms. The first-order valence-corrected chi connectivity index (χ1v) is 3.35. The first-order valence-electron chi connectivity index (χ1n) is 3.35. The van der Waals surface area contributed by atoms with Gasteiger partial charge in [0.1, 0.15) is 0 Å². The molecule has 1 aromatic rings. The summed E-state index contributed by atoms with van der Waals surface area (Å²) in [6, 6.07) is 5.58. The zero-order valence-corrected chi connectivity index (χ0v) is 6.23. The van der Waals surface area contributed by atoms with Gasteiger partial charge in [-0.2, -0.15) is 0 Å². The number of hydrogen-bond acceptors (Lipinski definition) is 2. The van der Waals surface area contributed by atoms with Gasteiger partial charge in [0.05, 0.1) is 0 Å². The highest BCUT2D eigenvalue weighted by atomic mass is 19.3. The Hall–Kier alpha value is -1.32. The summed E-state index contributed by atoms with van der Waals surface area (Å²) in [6.45, 7) is 1.76. The standard InChI is InChI=1S/C8H5F2O2/c1-5-2-3-6-7(4-5)12-8(9,10)11-6/h2,4H,1H3. The van der Waals surface area contributed by atoms with Crippen LogP contribution in [-0.4, -0.2) is 6.29 Å². The largest absolute Gasteiger partial charge is 0.586 e. The normalized spacial score (nSPS) is 17.9. The summed E-state index contributed by atoms with van der Waals surface area (Å²) in [5.74, 6) is 0.00519. The average molecular weight is 171 g/mol. The van der Waals surface area contributed by atoms with E-state index in [2.05, 4.69) is 15.5 Å². The van der Waals surface area contributed by atoms with Gasteiger partial charge in [-0.05, 0) is 24.6 Å². The minimum atomic E-state index is -3.54. The van der Waals surface area contributed by atoms with E-state index in [1.807, 2.05) is 0 Å². The van der Waals surface area contributed by atoms with Crippen molar-refractivity contribution >= 4 is 0 Å². The quantitative estimate of drug-likeness (QED) is 0.595. The van der Waals surface area contributed by atoms with Gasteiger partial charge in [-0.25, -0.2) is 0 Å². The molecule has 0 unspecified atom stereocenters. The highest BCUT2D eigenvalue weighted by Gasteiger charge is 2.43. The van der Waals surface area contributed by atoms with E-state index in [-0.39, 0.29) is 11.5 Å². The smallest absolute Gasteiger partial charge is 0.395 e. The average Bonchev–Trinajstić information content (AvgIpc) is 2.21. The minimum absolute atomic E-state index is 0.0365. The van der Waals surface area contributed by atoms with Crippen LogP contribution in [0.25, 0.3) is 0 Å². The van der Waals surface area contributed by atoms with E-state index in [1.165, 1.54) is 6.07 Å². The van der Waals surface area contributed by atoms with Gasteiger partial charge in [0.15, 0.2) is 11.5 Å². The molecule has 0 aromatic heterocycles. The molecule has 1 aliphatic heterocycles. The van der Waals surface area contributed by atoms with Crippen molar-refractivity contribution < 1.29 is 18.3 Å². The second-order valence-corrected chi connectivity index (χ2v) is 2.54. The Morgan fingerprint density at radius 1 is 1.42 bits per heavy atom. The number of alkyl halides is 2. The van der Waals surface area contributed by atoms with Gasteiger partial charge in [-0.15, -0.1) is 8.78 Å². The Balaban J connectivity index is 2.43. The van der Waals surface area contributed by atoms with Crippen LogP contribution < -0.4 is 9.47 Å². The van der Waals surface area contributed by atoms with E-state index in [0.29, 0.717) is 0 Å². The molecule has 0 saturated heterocycles. The van der Waals surface area contributed by atoms with Gasteiger partial charge in [0.2, 0.25) is 0 Å². The summed E-state index contributed by atoms with van der Waals surface area (Å²) in [5.41, 5.74) is 0.801. The predicted molar refractivity (Wildman–Crippen MR) is 36.2 cm³/mol. The van der Waals surface area contributed by atoms with Gasteiger partial charge in [-0.1, -0.05) is 0 Å². The van der Waals surface area contributed by atoms with Gasteiger partial charge < -0.3 is 9.47 Å². The van der Waals surface area contributed by atoms with Crippen LogP contribution in [0.15, 0.2) is 12.1 Å². The first kappa shape index (κ1) is 7.34. The molecular weight excluding hydrogens is 166 g/mol. The third kappa shape index (κ3) is 1.09. The number of aryl methyl sites for hydroxylation is 1. The number of benzene rings is 1. The molecule has 1 aromatic carbocycles. The summed E-state index contributed by atoms with van der Waals surface area (Å²) < 4.78 is 33.1. The lowest BCUT2D eigenvalue weighted by Gasteiger charge is -2.04. The summed E-state index contributed by atoms with van der Waals surface area (Å²) in [7, 11) is 0. The Kier molecular flexibility index (Phi) is 1.28. The second kappa shape index (κ2) is 2.09. The van der Waals surface area contributed by atoms with Crippen molar-refractivity contribution in [2.24, 2.45) is 0 Å². The molecule has 63 valence electrons. The SMILES string of the molecule is Cc1c[c]c2c(c1)OC(F)(F)O2. The van der Waals surface area contributed by atoms with E-state index in [9.17, 15) is 8.78 Å². The molecule has 0 bridgehead atoms. The summed E-state index contributed by atoms with van der Waals surface area (Å²) >= 11 is 0. The zero-order chi connectivity index (χ0) is 8.77. The molecule has 1 heterocycles. The Morgan fingerprint density at radius 3 is 2.92 bits per heavy atom. The topological polar surface area (TPSA) is 18.5 Å². The van der Waals surface area contributed by atoms with Crippen molar-refractivity contribution in [2.45, 2.75) is 13.2 Å². The molecule has 0 saturated carbocycles. The Labute approximate surface area is 67.7 Å². The van der Waals surface area contributed by atoms with Crippen molar-refractivity contribution in [1.29, 1.82) is 0 Å². The van der Waals surface area contributed by atoms with Crippen LogP contribution in [0.1, 0.15) is 5.56 Å². The zero-order valence-electron chi connectivity index (χ0n) is 6.23. The summed E-state index contributed by atoms with van der Waals surface area (Å²) in [4.78, 5) is 0. The number of fused-ring (bicyclic) bond motifs is 1. The third-order valence-electron chi connectivity index (χ3n) is 1.46. The van der Waals surface area contributed by atoms with E-state index >= 15 is 0 Å². The van der Waals surface area contributed by atoms with E-state index in [1.54, 1.807) is 13.0 Å². The van der Waals surface area contributed by atoms with Gasteiger partial charge in [0, 0.05) is 6.07 Å². The first-order chi connectivity index (χ1) is 5.57. The van der Waals surface area contributed by atoms with Crippen molar-refractivity contribution in [2.75, 3.05) is 0 Å². The molecule has 0 spiro atoms. The maximum atomic E-state index is 12.4. The molecule has 2 nitrogen and oxygen atoms in total. The van der Waals surface area contributed by atoms with E-state index < -0.39 is 6.29 Å². The minimum Gasteiger partial charge on any atom is -0.395 e. The predicted octanol–water partition coefficient (Wildman–Crippen LogP) is 2.12. The molecule has 0 atom stereocenters.